The highest BCUT2D eigenvalue weighted by atomic mass is 31.2. The molecule has 2 amide bonds. The van der Waals surface area contributed by atoms with E-state index in [1.807, 2.05) is 37.3 Å². The molecule has 9 heteroatoms. The van der Waals surface area contributed by atoms with Crippen LogP contribution in [-0.2, 0) is 20.7 Å². The number of ether oxygens (including phenoxy) is 1. The second kappa shape index (κ2) is 7.59. The smallest absolute Gasteiger partial charge is 0.408 e. The quantitative estimate of drug-likeness (QED) is 0.508. The van der Waals surface area contributed by atoms with Crippen molar-refractivity contribution in [3.8, 4) is 0 Å². The largest absolute Gasteiger partial charge is 0.445 e. The molecule has 1 saturated heterocycles. The first kappa shape index (κ1) is 17.5. The molecule has 23 heavy (non-hydrogen) atoms. The molecule has 8 nitrogen and oxygen atoms in total. The van der Waals surface area contributed by atoms with Gasteiger partial charge in [0.15, 0.2) is 0 Å². The molecule has 126 valence electrons. The molecule has 0 bridgehead atoms. The summed E-state index contributed by atoms with van der Waals surface area (Å²) in [6, 6.07) is 8.29. The van der Waals surface area contributed by atoms with Crippen molar-refractivity contribution in [1.82, 2.24) is 15.1 Å². The minimum absolute atomic E-state index is 0.0240. The summed E-state index contributed by atoms with van der Waals surface area (Å²) in [6.45, 7) is 2.24. The molecule has 0 saturated carbocycles. The first-order chi connectivity index (χ1) is 10.9. The van der Waals surface area contributed by atoms with Crippen LogP contribution in [0, 0.1) is 0 Å². The van der Waals surface area contributed by atoms with Crippen molar-refractivity contribution in [2.24, 2.45) is 0 Å². The molecule has 1 aliphatic heterocycles. The summed E-state index contributed by atoms with van der Waals surface area (Å²) >= 11 is 0. The van der Waals surface area contributed by atoms with Gasteiger partial charge in [-0.25, -0.2) is 14.4 Å². The number of carbonyl (C=O) groups is 2. The van der Waals surface area contributed by atoms with E-state index < -0.39 is 25.7 Å². The van der Waals surface area contributed by atoms with Crippen molar-refractivity contribution in [2.75, 3.05) is 13.1 Å². The summed E-state index contributed by atoms with van der Waals surface area (Å²) in [5.41, 5.74) is 0.827. The van der Waals surface area contributed by atoms with Crippen LogP contribution >= 0.6 is 7.67 Å². The Hall–Kier alpha value is -1.89. The second-order valence-corrected chi connectivity index (χ2v) is 7.02. The summed E-state index contributed by atoms with van der Waals surface area (Å²) in [4.78, 5) is 33.3. The van der Waals surface area contributed by atoms with Crippen molar-refractivity contribution >= 4 is 19.7 Å². The van der Waals surface area contributed by atoms with Gasteiger partial charge in [0, 0.05) is 6.54 Å². The van der Waals surface area contributed by atoms with Gasteiger partial charge in [-0.2, -0.15) is 0 Å². The van der Waals surface area contributed by atoms with Gasteiger partial charge in [-0.15, -0.1) is 0 Å². The fraction of sp³-hybridized carbons (Fsp3) is 0.429. The van der Waals surface area contributed by atoms with Crippen LogP contribution < -0.4 is 10.4 Å². The molecule has 2 rings (SSSR count). The Morgan fingerprint density at radius 3 is 2.74 bits per heavy atom. The predicted molar refractivity (Wildman–Crippen MR) is 83.4 cm³/mol. The third-order valence-electron chi connectivity index (χ3n) is 3.31. The number of benzene rings is 1. The zero-order valence-corrected chi connectivity index (χ0v) is 13.7. The van der Waals surface area contributed by atoms with Crippen LogP contribution in [0.25, 0.3) is 0 Å². The molecular formula is C14H20N3O5P. The van der Waals surface area contributed by atoms with E-state index in [2.05, 4.69) is 10.4 Å². The Kier molecular flexibility index (Phi) is 5.76. The van der Waals surface area contributed by atoms with Gasteiger partial charge >= 0.3 is 13.8 Å². The minimum atomic E-state index is -3.87. The monoisotopic (exact) mass is 341 g/mol. The maximum Gasteiger partial charge on any atom is 0.408 e. The molecular weight excluding hydrogens is 321 g/mol. The summed E-state index contributed by atoms with van der Waals surface area (Å²) in [5, 5.41) is 4.82. The van der Waals surface area contributed by atoms with Gasteiger partial charge in [0.25, 0.3) is 5.91 Å². The molecule has 3 N–H and O–H groups in total. The highest BCUT2D eigenvalue weighted by Gasteiger charge is 2.47. The molecule has 0 aromatic heterocycles. The maximum atomic E-state index is 11.9. The lowest BCUT2D eigenvalue weighted by molar-refractivity contribution is -0.137. The molecule has 1 aromatic carbocycles. The van der Waals surface area contributed by atoms with Crippen LogP contribution in [0.15, 0.2) is 30.3 Å². The molecule has 1 unspecified atom stereocenters. The number of amides is 2. The highest BCUT2D eigenvalue weighted by Crippen LogP contribution is 2.44. The maximum absolute atomic E-state index is 11.9. The zero-order chi connectivity index (χ0) is 16.9. The van der Waals surface area contributed by atoms with E-state index in [4.69, 9.17) is 4.74 Å². The Morgan fingerprint density at radius 2 is 2.13 bits per heavy atom. The number of alkyl carbamates (subject to hydrolysis) is 1. The number of hydrogen-bond acceptors (Lipinski definition) is 4. The average Bonchev–Trinajstić information content (AvgIpc) is 2.55. The Morgan fingerprint density at radius 1 is 1.43 bits per heavy atom. The predicted octanol–water partition coefficient (Wildman–Crippen LogP) is 1.22. The molecule has 1 aromatic rings. The second-order valence-electron chi connectivity index (χ2n) is 5.13. The third kappa shape index (κ3) is 4.54. The number of rotatable bonds is 7. The number of β-lactam (4-membered cyclic amide) rings is 1. The lowest BCUT2D eigenvalue weighted by Crippen LogP contribution is -2.63. The third-order valence-corrected chi connectivity index (χ3v) is 4.96. The van der Waals surface area contributed by atoms with Gasteiger partial charge in [-0.05, 0) is 12.0 Å². The fourth-order valence-corrected chi connectivity index (χ4v) is 3.49. The Balaban J connectivity index is 1.76. The van der Waals surface area contributed by atoms with Gasteiger partial charge in [0.1, 0.15) is 12.6 Å². The van der Waals surface area contributed by atoms with Crippen LogP contribution in [0.3, 0.4) is 0 Å². The summed E-state index contributed by atoms with van der Waals surface area (Å²) in [7, 11) is -3.87. The molecule has 0 aliphatic carbocycles. The topological polar surface area (TPSA) is 108 Å². The van der Waals surface area contributed by atoms with Crippen LogP contribution in [0.5, 0.6) is 0 Å². The first-order valence-electron chi connectivity index (χ1n) is 7.31. The van der Waals surface area contributed by atoms with Crippen molar-refractivity contribution in [2.45, 2.75) is 26.0 Å². The van der Waals surface area contributed by atoms with E-state index in [0.29, 0.717) is 13.0 Å². The van der Waals surface area contributed by atoms with Gasteiger partial charge in [-0.3, -0.25) is 9.46 Å². The van der Waals surface area contributed by atoms with Gasteiger partial charge < -0.3 is 14.9 Å². The number of carbonyl (C=O) groups excluding carboxylic acids is 2. The summed E-state index contributed by atoms with van der Waals surface area (Å²) in [6.07, 6.45) is -0.0683. The number of nitrogens with zero attached hydrogens (tertiary/aromatic N) is 1. The van der Waals surface area contributed by atoms with Crippen molar-refractivity contribution < 1.29 is 23.8 Å². The Bertz CT molecular complexity index is 610. The van der Waals surface area contributed by atoms with Gasteiger partial charge in [0.2, 0.25) is 0 Å². The van der Waals surface area contributed by atoms with E-state index in [-0.39, 0.29) is 13.2 Å². The molecule has 1 fully saturated rings. The van der Waals surface area contributed by atoms with Crippen LogP contribution in [0.2, 0.25) is 0 Å². The highest BCUT2D eigenvalue weighted by molar-refractivity contribution is 7.54. The van der Waals surface area contributed by atoms with Crippen molar-refractivity contribution in [3.05, 3.63) is 35.9 Å². The van der Waals surface area contributed by atoms with E-state index in [1.165, 1.54) is 0 Å². The van der Waals surface area contributed by atoms with Crippen molar-refractivity contribution in [3.63, 3.8) is 0 Å². The van der Waals surface area contributed by atoms with E-state index in [9.17, 15) is 19.0 Å². The van der Waals surface area contributed by atoms with Crippen LogP contribution in [0.4, 0.5) is 4.79 Å². The molecule has 0 spiro atoms. The standard InChI is InChI=1S/C14H20N3O5P/c1-2-8-15-23(20,21)17-9-12(13(17)18)16-14(19)22-10-11-6-4-3-5-7-11/h3-7,12H,2,8-10H2,1H3,(H,16,19)(H2,15,20,21)/t12-/m0/s1. The molecule has 2 atom stereocenters. The fourth-order valence-electron chi connectivity index (χ4n) is 2.01. The SMILES string of the molecule is CCCNP(=O)(O)N1C[C@H](NC(=O)OCc2ccccc2)C1=O. The summed E-state index contributed by atoms with van der Waals surface area (Å²) in [5.74, 6) is -0.601. The Labute approximate surface area is 134 Å². The van der Waals surface area contributed by atoms with E-state index >= 15 is 0 Å². The van der Waals surface area contributed by atoms with E-state index in [0.717, 1.165) is 10.2 Å². The lowest BCUT2D eigenvalue weighted by Gasteiger charge is -2.40. The van der Waals surface area contributed by atoms with Gasteiger partial charge in [-0.1, -0.05) is 37.3 Å². The lowest BCUT2D eigenvalue weighted by atomic mass is 10.2. The average molecular weight is 341 g/mol. The normalized spacial score (nSPS) is 19.7. The van der Waals surface area contributed by atoms with Gasteiger partial charge in [0.05, 0.1) is 6.54 Å². The minimum Gasteiger partial charge on any atom is -0.445 e. The molecule has 1 aliphatic rings. The van der Waals surface area contributed by atoms with Crippen molar-refractivity contribution in [1.29, 1.82) is 0 Å². The molecule has 1 heterocycles. The number of nitrogens with one attached hydrogen (secondary N) is 2. The molecule has 0 radical (unpaired) electrons. The van der Waals surface area contributed by atoms with Crippen LogP contribution in [-0.4, -0.2) is 40.7 Å². The number of hydrogen-bond donors (Lipinski definition) is 3. The van der Waals surface area contributed by atoms with E-state index in [1.54, 1.807) is 0 Å². The van der Waals surface area contributed by atoms with Crippen LogP contribution in [0.1, 0.15) is 18.9 Å². The summed E-state index contributed by atoms with van der Waals surface area (Å²) < 4.78 is 17.8. The first-order valence-corrected chi connectivity index (χ1v) is 8.92. The zero-order valence-electron chi connectivity index (χ0n) is 12.8.